The van der Waals surface area contributed by atoms with Gasteiger partial charge in [0.05, 0.1) is 18.7 Å². The van der Waals surface area contributed by atoms with E-state index in [-0.39, 0.29) is 12.6 Å². The second-order valence-corrected chi connectivity index (χ2v) is 2.69. The van der Waals surface area contributed by atoms with Crippen LogP contribution >= 0.6 is 0 Å². The summed E-state index contributed by atoms with van der Waals surface area (Å²) in [4.78, 5) is 13.0. The Morgan fingerprint density at radius 3 is 3.15 bits per heavy atom. The van der Waals surface area contributed by atoms with E-state index in [2.05, 4.69) is 15.3 Å². The Morgan fingerprint density at radius 2 is 2.54 bits per heavy atom. The number of carboxylic acid groups (broad SMARTS) is 1. The van der Waals surface area contributed by atoms with Crippen LogP contribution in [0.3, 0.4) is 0 Å². The fraction of sp³-hybridized carbons (Fsp3) is 0.833. The summed E-state index contributed by atoms with van der Waals surface area (Å²) < 4.78 is 5.05. The Bertz CT molecular complexity index is 238. The van der Waals surface area contributed by atoms with Gasteiger partial charge in [0.2, 0.25) is 0 Å². The molecule has 72 valence electrons. The highest BCUT2D eigenvalue weighted by atomic mass is 16.5. The van der Waals surface area contributed by atoms with Gasteiger partial charge in [-0.2, -0.15) is 0 Å². The van der Waals surface area contributed by atoms with Gasteiger partial charge in [-0.3, -0.25) is 0 Å². The van der Waals surface area contributed by atoms with Crippen LogP contribution in [0.2, 0.25) is 0 Å². The Balaban J connectivity index is 2.55. The zero-order chi connectivity index (χ0) is 9.68. The number of hydrogen-bond donors (Lipinski definition) is 2. The highest BCUT2D eigenvalue weighted by molar-refractivity contribution is 5.65. The summed E-state index contributed by atoms with van der Waals surface area (Å²) in [6, 6.07) is -0.767. The maximum absolute atomic E-state index is 10.3. The number of rotatable bonds is 2. The van der Waals surface area contributed by atoms with Crippen molar-refractivity contribution in [3.05, 3.63) is 10.4 Å². The van der Waals surface area contributed by atoms with E-state index in [4.69, 9.17) is 15.4 Å². The van der Waals surface area contributed by atoms with Gasteiger partial charge in [-0.1, -0.05) is 5.11 Å². The van der Waals surface area contributed by atoms with E-state index < -0.39 is 12.1 Å². The zero-order valence-electron chi connectivity index (χ0n) is 6.88. The predicted molar refractivity (Wildman–Crippen MR) is 43.3 cm³/mol. The maximum Gasteiger partial charge on any atom is 0.404 e. The van der Waals surface area contributed by atoms with Gasteiger partial charge in [-0.15, -0.1) is 0 Å². The molecule has 0 aliphatic carbocycles. The fourth-order valence-corrected chi connectivity index (χ4v) is 1.23. The minimum absolute atomic E-state index is 0.260. The average Bonchev–Trinajstić information content (AvgIpc) is 2.08. The van der Waals surface area contributed by atoms with Gasteiger partial charge in [-0.25, -0.2) is 4.79 Å². The molecule has 0 spiro atoms. The van der Waals surface area contributed by atoms with E-state index in [1.165, 1.54) is 0 Å². The van der Waals surface area contributed by atoms with Crippen molar-refractivity contribution in [1.29, 1.82) is 0 Å². The van der Waals surface area contributed by atoms with Crippen LogP contribution in [0.15, 0.2) is 5.11 Å². The van der Waals surface area contributed by atoms with Gasteiger partial charge < -0.3 is 15.2 Å². The monoisotopic (exact) mass is 186 g/mol. The number of hydrogen-bond acceptors (Lipinski definition) is 3. The van der Waals surface area contributed by atoms with Gasteiger partial charge in [0.25, 0.3) is 0 Å². The first-order valence-corrected chi connectivity index (χ1v) is 3.85. The number of nitrogens with zero attached hydrogens (tertiary/aromatic N) is 3. The third-order valence-electron chi connectivity index (χ3n) is 1.83. The summed E-state index contributed by atoms with van der Waals surface area (Å²) in [5, 5.41) is 14.2. The van der Waals surface area contributed by atoms with Crippen LogP contribution in [-0.2, 0) is 4.74 Å². The molecule has 13 heavy (non-hydrogen) atoms. The van der Waals surface area contributed by atoms with Crippen molar-refractivity contribution in [3.8, 4) is 0 Å². The second kappa shape index (κ2) is 4.54. The lowest BCUT2D eigenvalue weighted by Gasteiger charge is -2.27. The van der Waals surface area contributed by atoms with E-state index in [0.29, 0.717) is 13.0 Å². The number of nitrogens with one attached hydrogen (secondary N) is 1. The third kappa shape index (κ3) is 2.81. The lowest BCUT2D eigenvalue weighted by Crippen LogP contribution is -2.48. The molecule has 1 amide bonds. The summed E-state index contributed by atoms with van der Waals surface area (Å²) in [5.41, 5.74) is 8.21. The van der Waals surface area contributed by atoms with Gasteiger partial charge in [0.1, 0.15) is 0 Å². The Kier molecular flexibility index (Phi) is 3.36. The van der Waals surface area contributed by atoms with Crippen LogP contribution in [0.5, 0.6) is 0 Å². The van der Waals surface area contributed by atoms with Crippen LogP contribution in [0.25, 0.3) is 10.4 Å². The van der Waals surface area contributed by atoms with Gasteiger partial charge in [-0.05, 0) is 12.0 Å². The van der Waals surface area contributed by atoms with Crippen molar-refractivity contribution in [1.82, 2.24) is 5.32 Å². The fourth-order valence-electron chi connectivity index (χ4n) is 1.23. The Hall–Kier alpha value is -1.46. The first kappa shape index (κ1) is 9.63. The molecule has 0 saturated carbocycles. The normalized spacial score (nSPS) is 27.4. The molecule has 7 nitrogen and oxygen atoms in total. The van der Waals surface area contributed by atoms with Crippen LogP contribution in [0.1, 0.15) is 6.42 Å². The summed E-state index contributed by atoms with van der Waals surface area (Å²) in [6.45, 7) is 0.761. The molecule has 1 heterocycles. The van der Waals surface area contributed by atoms with Gasteiger partial charge in [0.15, 0.2) is 0 Å². The molecule has 1 rings (SSSR count). The molecule has 0 aromatic carbocycles. The lowest BCUT2D eigenvalue weighted by molar-refractivity contribution is 0.0585. The molecule has 7 heteroatoms. The van der Waals surface area contributed by atoms with Crippen LogP contribution < -0.4 is 5.32 Å². The van der Waals surface area contributed by atoms with Crippen molar-refractivity contribution in [2.24, 2.45) is 5.11 Å². The maximum atomic E-state index is 10.3. The standard InChI is InChI=1S/C6H10N4O3/c7-10-9-4-1-2-13-3-5(4)8-6(11)12/h4-5,8H,1-3H2,(H,11,12)/t4-,5+/m1/s1. The topological polar surface area (TPSA) is 107 Å². The van der Waals surface area contributed by atoms with Gasteiger partial charge in [0, 0.05) is 11.5 Å². The smallest absolute Gasteiger partial charge is 0.404 e. The van der Waals surface area contributed by atoms with Crippen molar-refractivity contribution in [2.75, 3.05) is 13.2 Å². The summed E-state index contributed by atoms with van der Waals surface area (Å²) in [5.74, 6) is 0. The number of azide groups is 1. The molecular formula is C6H10N4O3. The summed E-state index contributed by atoms with van der Waals surface area (Å²) in [7, 11) is 0. The average molecular weight is 186 g/mol. The molecule has 2 atom stereocenters. The molecular weight excluding hydrogens is 176 g/mol. The second-order valence-electron chi connectivity index (χ2n) is 2.69. The van der Waals surface area contributed by atoms with E-state index in [9.17, 15) is 4.79 Å². The van der Waals surface area contributed by atoms with E-state index in [0.717, 1.165) is 0 Å². The summed E-state index contributed by atoms with van der Waals surface area (Å²) in [6.07, 6.45) is -0.580. The molecule has 1 aliphatic rings. The van der Waals surface area contributed by atoms with Crippen LogP contribution in [0.4, 0.5) is 4.79 Å². The molecule has 1 fully saturated rings. The number of carbonyl (C=O) groups is 1. The van der Waals surface area contributed by atoms with Gasteiger partial charge >= 0.3 is 6.09 Å². The van der Waals surface area contributed by atoms with Crippen molar-refractivity contribution in [3.63, 3.8) is 0 Å². The van der Waals surface area contributed by atoms with Crippen molar-refractivity contribution >= 4 is 6.09 Å². The molecule has 0 radical (unpaired) electrons. The third-order valence-corrected chi connectivity index (χ3v) is 1.83. The number of ether oxygens (including phenoxy) is 1. The van der Waals surface area contributed by atoms with Crippen molar-refractivity contribution in [2.45, 2.75) is 18.5 Å². The summed E-state index contributed by atoms with van der Waals surface area (Å²) >= 11 is 0. The molecule has 0 aromatic rings. The number of amides is 1. The minimum Gasteiger partial charge on any atom is -0.465 e. The van der Waals surface area contributed by atoms with E-state index in [1.807, 2.05) is 0 Å². The Morgan fingerprint density at radius 1 is 1.77 bits per heavy atom. The molecule has 0 unspecified atom stereocenters. The molecule has 2 N–H and O–H groups in total. The highest BCUT2D eigenvalue weighted by Crippen LogP contribution is 2.11. The molecule has 1 aliphatic heterocycles. The largest absolute Gasteiger partial charge is 0.465 e. The van der Waals surface area contributed by atoms with Crippen molar-refractivity contribution < 1.29 is 14.6 Å². The SMILES string of the molecule is [N-]=[N+]=N[C@@H]1CCOC[C@@H]1NC(=O)O. The predicted octanol–water partition coefficient (Wildman–Crippen LogP) is 0.722. The zero-order valence-corrected chi connectivity index (χ0v) is 6.88. The lowest BCUT2D eigenvalue weighted by atomic mass is 10.1. The van der Waals surface area contributed by atoms with Crippen LogP contribution in [-0.4, -0.2) is 36.5 Å². The highest BCUT2D eigenvalue weighted by Gasteiger charge is 2.25. The van der Waals surface area contributed by atoms with E-state index in [1.54, 1.807) is 0 Å². The first-order chi connectivity index (χ1) is 6.24. The quantitative estimate of drug-likeness (QED) is 0.376. The molecule has 1 saturated heterocycles. The van der Waals surface area contributed by atoms with E-state index >= 15 is 0 Å². The molecule has 0 aromatic heterocycles. The van der Waals surface area contributed by atoms with Crippen LogP contribution in [0, 0.1) is 0 Å². The first-order valence-electron chi connectivity index (χ1n) is 3.85. The molecule has 0 bridgehead atoms. The minimum atomic E-state index is -1.13. The Labute approximate surface area is 74.3 Å².